The third-order valence-electron chi connectivity index (χ3n) is 5.59. The zero-order valence-electron chi connectivity index (χ0n) is 20.2. The number of hydrogen-bond acceptors (Lipinski definition) is 9. The number of aromatic nitrogens is 3. The molecule has 3 rings (SSSR count). The Kier molecular flexibility index (Phi) is 10.7. The van der Waals surface area contributed by atoms with Crippen LogP contribution < -0.4 is 5.32 Å². The molecule has 0 fully saturated rings. The molecule has 3 aromatic heterocycles. The molecule has 0 saturated heterocycles. The van der Waals surface area contributed by atoms with E-state index < -0.39 is 37.5 Å². The Morgan fingerprint density at radius 2 is 1.46 bits per heavy atom. The van der Waals surface area contributed by atoms with Crippen molar-refractivity contribution in [3.63, 3.8) is 0 Å². The molecule has 0 saturated carbocycles. The average Bonchev–Trinajstić information content (AvgIpc) is 2.87. The van der Waals surface area contributed by atoms with Crippen molar-refractivity contribution in [2.45, 2.75) is 50.9 Å². The van der Waals surface area contributed by atoms with Gasteiger partial charge in [-0.05, 0) is 49.2 Å². The molecule has 1 amide bonds. The van der Waals surface area contributed by atoms with E-state index in [0.717, 1.165) is 17.1 Å². The number of pyridine rings is 3. The molecule has 0 aliphatic rings. The average molecular weight is 507 g/mol. The second kappa shape index (κ2) is 14.1. The van der Waals surface area contributed by atoms with Gasteiger partial charge in [0.2, 0.25) is 0 Å². The van der Waals surface area contributed by atoms with E-state index in [1.165, 1.54) is 6.20 Å². The van der Waals surface area contributed by atoms with E-state index >= 15 is 0 Å². The Labute approximate surface area is 215 Å². The monoisotopic (exact) mass is 507 g/mol. The van der Waals surface area contributed by atoms with Crippen LogP contribution in [-0.4, -0.2) is 71.2 Å². The number of carbonyl (C=O) groups is 2. The lowest BCUT2D eigenvalue weighted by molar-refractivity contribution is -0.139. The van der Waals surface area contributed by atoms with Crippen molar-refractivity contribution < 1.29 is 29.9 Å². The van der Waals surface area contributed by atoms with Crippen LogP contribution in [0.25, 0.3) is 0 Å². The largest absolute Gasteiger partial charge is 0.481 e. The maximum absolute atomic E-state index is 12.6. The smallest absolute Gasteiger partial charge is 0.475 e. The summed E-state index contributed by atoms with van der Waals surface area (Å²) in [7, 11) is -1.88. The highest BCUT2D eigenvalue weighted by molar-refractivity contribution is 6.43. The third kappa shape index (κ3) is 9.69. The van der Waals surface area contributed by atoms with Crippen molar-refractivity contribution >= 4 is 19.0 Å². The minimum absolute atomic E-state index is 0.0145. The van der Waals surface area contributed by atoms with Crippen molar-refractivity contribution in [1.29, 1.82) is 0 Å². The van der Waals surface area contributed by atoms with Crippen LogP contribution in [0.1, 0.15) is 46.7 Å². The van der Waals surface area contributed by atoms with E-state index in [1.54, 1.807) is 24.5 Å². The van der Waals surface area contributed by atoms with Gasteiger partial charge in [0.25, 0.3) is 5.91 Å². The van der Waals surface area contributed by atoms with Crippen molar-refractivity contribution in [2.75, 3.05) is 0 Å². The van der Waals surface area contributed by atoms with Gasteiger partial charge >= 0.3 is 13.1 Å². The highest BCUT2D eigenvalue weighted by Crippen LogP contribution is 2.12. The number of amides is 1. The van der Waals surface area contributed by atoms with Crippen molar-refractivity contribution in [2.24, 2.45) is 0 Å². The zero-order chi connectivity index (χ0) is 26.6. The van der Waals surface area contributed by atoms with E-state index in [9.17, 15) is 24.7 Å². The predicted molar refractivity (Wildman–Crippen MR) is 135 cm³/mol. The second-order valence-electron chi connectivity index (χ2n) is 8.65. The highest BCUT2D eigenvalue weighted by Gasteiger charge is 2.27. The lowest BCUT2D eigenvalue weighted by Crippen LogP contribution is -2.46. The van der Waals surface area contributed by atoms with Gasteiger partial charge in [0.15, 0.2) is 0 Å². The van der Waals surface area contributed by atoms with E-state index in [2.05, 4.69) is 25.2 Å². The fourth-order valence-corrected chi connectivity index (χ4v) is 3.71. The van der Waals surface area contributed by atoms with Crippen LogP contribution in [0.3, 0.4) is 0 Å². The molecule has 1 unspecified atom stereocenters. The van der Waals surface area contributed by atoms with Gasteiger partial charge in [0.05, 0.1) is 41.1 Å². The molecule has 12 heteroatoms. The van der Waals surface area contributed by atoms with Gasteiger partial charge in [-0.15, -0.1) is 0 Å². The Hall–Kier alpha value is -3.71. The Bertz CT molecular complexity index is 1080. The molecule has 37 heavy (non-hydrogen) atoms. The molecular weight excluding hydrogens is 477 g/mol. The summed E-state index contributed by atoms with van der Waals surface area (Å²) in [6.45, 7) is 1.63. The minimum atomic E-state index is -1.88. The van der Waals surface area contributed by atoms with Gasteiger partial charge < -0.3 is 25.6 Å². The van der Waals surface area contributed by atoms with Gasteiger partial charge in [-0.1, -0.05) is 12.1 Å². The summed E-state index contributed by atoms with van der Waals surface area (Å²) in [6.07, 6.45) is 3.23. The van der Waals surface area contributed by atoms with E-state index in [-0.39, 0.29) is 18.4 Å². The molecule has 0 radical (unpaired) electrons. The number of carbonyl (C=O) groups excluding carboxylic acids is 1. The maximum Gasteiger partial charge on any atom is 0.475 e. The minimum Gasteiger partial charge on any atom is -0.481 e. The van der Waals surface area contributed by atoms with Crippen LogP contribution in [-0.2, 0) is 24.4 Å². The second-order valence-corrected chi connectivity index (χ2v) is 8.65. The number of hydrogen-bond donors (Lipinski definition) is 5. The van der Waals surface area contributed by atoms with E-state index in [4.69, 9.17) is 5.11 Å². The number of aliphatic hydroxyl groups is 1. The van der Waals surface area contributed by atoms with Gasteiger partial charge in [0.1, 0.15) is 0 Å². The summed E-state index contributed by atoms with van der Waals surface area (Å²) < 4.78 is 0. The zero-order valence-corrected chi connectivity index (χ0v) is 20.2. The van der Waals surface area contributed by atoms with Crippen LogP contribution in [0.15, 0.2) is 67.1 Å². The molecule has 5 N–H and O–H groups in total. The summed E-state index contributed by atoms with van der Waals surface area (Å²) in [5.74, 6) is -2.81. The molecule has 3 aromatic rings. The Morgan fingerprint density at radius 1 is 0.865 bits per heavy atom. The van der Waals surface area contributed by atoms with Crippen LogP contribution in [0.5, 0.6) is 0 Å². The van der Waals surface area contributed by atoms with Crippen LogP contribution in [0.2, 0.25) is 0 Å². The third-order valence-corrected chi connectivity index (χ3v) is 5.59. The number of nitrogens with zero attached hydrogens (tertiary/aromatic N) is 4. The standard InChI is InChI=1S/C25H30BN5O6/c32-22(13-24(33)34)9-10-23(26(36)37)30-25(35)18-7-8-21(29-14-18)17-31(15-19-5-1-3-11-27-19)16-20-6-2-4-12-28-20/h1-8,11-12,14,22-23,32,36-37H,9-10,13,15-17H2,(H,30,35)(H,33,34)/t22-,23?/m1/s1. The molecule has 0 aliphatic carbocycles. The first kappa shape index (κ1) is 27.9. The quantitative estimate of drug-likeness (QED) is 0.197. The number of aliphatic hydroxyl groups excluding tert-OH is 1. The van der Waals surface area contributed by atoms with Crippen LogP contribution in [0, 0.1) is 0 Å². The molecule has 2 atom stereocenters. The van der Waals surface area contributed by atoms with Crippen LogP contribution >= 0.6 is 0 Å². The number of carboxylic acid groups (broad SMARTS) is 1. The van der Waals surface area contributed by atoms with Crippen molar-refractivity contribution in [1.82, 2.24) is 25.2 Å². The summed E-state index contributed by atoms with van der Waals surface area (Å²) in [4.78, 5) is 38.7. The summed E-state index contributed by atoms with van der Waals surface area (Å²) in [5, 5.41) is 40.1. The number of rotatable bonds is 14. The Balaban J connectivity index is 1.62. The topological polar surface area (TPSA) is 169 Å². The van der Waals surface area contributed by atoms with Gasteiger partial charge in [0, 0.05) is 38.2 Å². The SMILES string of the molecule is O=C(O)C[C@H](O)CCC(NC(=O)c1ccc(CN(Cc2ccccn2)Cc2ccccn2)nc1)B(O)O. The van der Waals surface area contributed by atoms with Gasteiger partial charge in [-0.3, -0.25) is 29.4 Å². The maximum atomic E-state index is 12.6. The number of aliphatic carboxylic acids is 1. The molecule has 194 valence electrons. The Morgan fingerprint density at radius 3 is 1.92 bits per heavy atom. The molecule has 0 aliphatic heterocycles. The first-order valence-electron chi connectivity index (χ1n) is 11.8. The molecule has 0 aromatic carbocycles. The fourth-order valence-electron chi connectivity index (χ4n) is 3.71. The van der Waals surface area contributed by atoms with Crippen molar-refractivity contribution in [3.8, 4) is 0 Å². The molecule has 3 heterocycles. The molecule has 0 bridgehead atoms. The fraction of sp³-hybridized carbons (Fsp3) is 0.320. The van der Waals surface area contributed by atoms with Crippen molar-refractivity contribution in [3.05, 3.63) is 89.8 Å². The number of carboxylic acids is 1. The molecule has 11 nitrogen and oxygen atoms in total. The first-order chi connectivity index (χ1) is 17.8. The summed E-state index contributed by atoms with van der Waals surface area (Å²) in [6, 6.07) is 14.8. The number of nitrogens with one attached hydrogen (secondary N) is 1. The summed E-state index contributed by atoms with van der Waals surface area (Å²) in [5.41, 5.74) is 2.74. The van der Waals surface area contributed by atoms with Gasteiger partial charge in [-0.2, -0.15) is 0 Å². The van der Waals surface area contributed by atoms with E-state index in [0.29, 0.717) is 19.6 Å². The molecular formula is C25H30BN5O6. The molecule has 0 spiro atoms. The normalized spacial score (nSPS) is 12.6. The highest BCUT2D eigenvalue weighted by atomic mass is 16.4. The predicted octanol–water partition coefficient (Wildman–Crippen LogP) is 0.800. The van der Waals surface area contributed by atoms with E-state index in [1.807, 2.05) is 36.4 Å². The first-order valence-corrected chi connectivity index (χ1v) is 11.8. The lowest BCUT2D eigenvalue weighted by atomic mass is 9.76. The van der Waals surface area contributed by atoms with Crippen LogP contribution in [0.4, 0.5) is 0 Å². The van der Waals surface area contributed by atoms with Gasteiger partial charge in [-0.25, -0.2) is 0 Å². The summed E-state index contributed by atoms with van der Waals surface area (Å²) >= 11 is 0. The lowest BCUT2D eigenvalue weighted by Gasteiger charge is -2.21.